The van der Waals surface area contributed by atoms with Crippen molar-refractivity contribution in [3.05, 3.63) is 195 Å². The van der Waals surface area contributed by atoms with Gasteiger partial charge >= 0.3 is 39.8 Å². The summed E-state index contributed by atoms with van der Waals surface area (Å²) in [5.41, 5.74) is 2.33. The van der Waals surface area contributed by atoms with Gasteiger partial charge in [-0.3, -0.25) is 0 Å². The first-order chi connectivity index (χ1) is 31.4. The Balaban J connectivity index is 0.000000461. The van der Waals surface area contributed by atoms with Gasteiger partial charge in [0.25, 0.3) is 0 Å². The van der Waals surface area contributed by atoms with Gasteiger partial charge in [-0.25, -0.2) is 0 Å². The SMILES string of the molecule is C[Si](C)C1CCCC1.C[Si](C)C1CCCC1.[C-]#[O+].[C-]#[O+].[Fe].[Fe].c1ccc(OP(Oc2ccccc2)Oc2ccccc2)cc1.c1ccc(OP(Oc2ccccc2)Oc2ccccc2)cc1. The summed E-state index contributed by atoms with van der Waals surface area (Å²) in [6.45, 7) is 18.8. The van der Waals surface area contributed by atoms with Crippen molar-refractivity contribution in [2.24, 2.45) is 0 Å². The third kappa shape index (κ3) is 25.7. The van der Waals surface area contributed by atoms with Crippen molar-refractivity contribution in [3.8, 4) is 34.5 Å². The smallest absolute Gasteiger partial charge is 0.409 e. The van der Waals surface area contributed by atoms with E-state index in [2.05, 4.69) is 39.5 Å². The summed E-state index contributed by atoms with van der Waals surface area (Å²) >= 11 is 0. The second-order valence-corrected chi connectivity index (χ2v) is 22.9. The molecule has 0 unspecified atom stereocenters. The maximum Gasteiger partial charge on any atom is 0.530 e. The molecule has 0 heterocycles. The molecule has 2 aliphatic carbocycles. The third-order valence-corrected chi connectivity index (χ3v) is 16.5. The minimum atomic E-state index is -1.59. The van der Waals surface area contributed by atoms with Crippen molar-refractivity contribution in [2.45, 2.75) is 88.6 Å². The fourth-order valence-corrected chi connectivity index (χ4v) is 11.6. The molecule has 6 aromatic carbocycles. The number of para-hydroxylation sites is 6. The Bertz CT molecular complexity index is 1700. The quantitative estimate of drug-likeness (QED) is 0.0467. The molecule has 0 bridgehead atoms. The molecule has 2 radical (unpaired) electrons. The average Bonchev–Trinajstić information content (AvgIpc) is 4.11. The van der Waals surface area contributed by atoms with E-state index in [1.54, 1.807) is 25.7 Å². The van der Waals surface area contributed by atoms with Crippen molar-refractivity contribution in [1.82, 2.24) is 0 Å². The molecule has 2 fully saturated rings. The molecule has 2 aliphatic rings. The zero-order valence-electron chi connectivity index (χ0n) is 38.0. The van der Waals surface area contributed by atoms with Gasteiger partial charge in [-0.1, -0.05) is 187 Å². The van der Waals surface area contributed by atoms with E-state index >= 15 is 0 Å². The van der Waals surface area contributed by atoms with Gasteiger partial charge in [0.05, 0.1) is 0 Å². The molecule has 0 atom stereocenters. The van der Waals surface area contributed by atoms with Crippen LogP contribution in [0, 0.1) is 13.3 Å². The Labute approximate surface area is 421 Å². The molecule has 6 aromatic rings. The van der Waals surface area contributed by atoms with Crippen LogP contribution in [0.25, 0.3) is 0 Å². The fraction of sp³-hybridized carbons (Fsp3) is 0.269. The zero-order valence-corrected chi connectivity index (χ0v) is 44.0. The fourth-order valence-electron chi connectivity index (χ4n) is 6.52. The molecule has 0 saturated heterocycles. The van der Waals surface area contributed by atoms with E-state index in [0.717, 1.165) is 0 Å². The van der Waals surface area contributed by atoms with Crippen LogP contribution in [-0.4, -0.2) is 17.6 Å². The molecule has 8 nitrogen and oxygen atoms in total. The van der Waals surface area contributed by atoms with Crippen molar-refractivity contribution in [3.63, 3.8) is 0 Å². The summed E-state index contributed by atoms with van der Waals surface area (Å²) < 4.78 is 50.1. The number of hydrogen-bond donors (Lipinski definition) is 0. The van der Waals surface area contributed by atoms with Crippen LogP contribution in [0.2, 0.25) is 37.3 Å². The molecular formula is C52H60Fe2O8P2Si2. The van der Waals surface area contributed by atoms with Gasteiger partial charge in [-0.05, 0) is 83.9 Å². The zero-order chi connectivity index (χ0) is 46.0. The molecule has 0 aliphatic heterocycles. The van der Waals surface area contributed by atoms with Crippen LogP contribution in [0.1, 0.15) is 51.4 Å². The summed E-state index contributed by atoms with van der Waals surface area (Å²) in [6, 6.07) is 57.0. The van der Waals surface area contributed by atoms with Gasteiger partial charge in [0, 0.05) is 51.7 Å². The first kappa shape index (κ1) is 59.9. The van der Waals surface area contributed by atoms with E-state index in [1.807, 2.05) is 182 Å². The van der Waals surface area contributed by atoms with E-state index in [-0.39, 0.29) is 51.7 Å². The maximum atomic E-state index is 7.50. The van der Waals surface area contributed by atoms with E-state index < -0.39 is 17.2 Å². The van der Waals surface area contributed by atoms with Crippen molar-refractivity contribution in [1.29, 1.82) is 0 Å². The number of rotatable bonds is 14. The number of benzene rings is 6. The van der Waals surface area contributed by atoms with Crippen LogP contribution in [0.4, 0.5) is 0 Å². The molecule has 66 heavy (non-hydrogen) atoms. The predicted molar refractivity (Wildman–Crippen MR) is 264 cm³/mol. The van der Waals surface area contributed by atoms with Crippen LogP contribution in [0.5, 0.6) is 34.5 Å². The van der Waals surface area contributed by atoms with Crippen LogP contribution < -0.4 is 27.1 Å². The molecule has 350 valence electrons. The Hall–Kier alpha value is -4.07. The van der Waals surface area contributed by atoms with Crippen LogP contribution in [-0.2, 0) is 43.4 Å². The molecule has 0 N–H and O–H groups in total. The van der Waals surface area contributed by atoms with Gasteiger partial charge in [0.15, 0.2) is 0 Å². The molecule has 0 amide bonds. The van der Waals surface area contributed by atoms with E-state index in [9.17, 15) is 0 Å². The van der Waals surface area contributed by atoms with E-state index in [4.69, 9.17) is 36.4 Å². The van der Waals surface area contributed by atoms with Crippen LogP contribution >= 0.6 is 17.2 Å². The second kappa shape index (κ2) is 38.0. The molecule has 2 saturated carbocycles. The predicted octanol–water partition coefficient (Wildman–Crippen LogP) is 16.2. The Morgan fingerprint density at radius 1 is 0.333 bits per heavy atom. The molecule has 8 rings (SSSR count). The van der Waals surface area contributed by atoms with E-state index in [0.29, 0.717) is 34.5 Å². The van der Waals surface area contributed by atoms with Crippen molar-refractivity contribution >= 4 is 34.8 Å². The van der Waals surface area contributed by atoms with Gasteiger partial charge in [0.1, 0.15) is 34.5 Å². The summed E-state index contributed by atoms with van der Waals surface area (Å²) in [6.07, 6.45) is 12.2. The maximum absolute atomic E-state index is 7.50. The largest absolute Gasteiger partial charge is 0.530 e. The normalized spacial score (nSPS) is 12.4. The topological polar surface area (TPSA) is 95.2 Å². The Morgan fingerprint density at radius 2 is 0.485 bits per heavy atom. The minimum absolute atomic E-state index is 0. The molecule has 0 spiro atoms. The summed E-state index contributed by atoms with van der Waals surface area (Å²) in [4.78, 5) is 0. The summed E-state index contributed by atoms with van der Waals surface area (Å²) in [5, 5.41) is 0. The van der Waals surface area contributed by atoms with Gasteiger partial charge in [-0.15, -0.1) is 0 Å². The van der Waals surface area contributed by atoms with Gasteiger partial charge < -0.3 is 27.1 Å². The first-order valence-corrected chi connectivity index (χ1v) is 28.7. The number of hydrogen-bond acceptors (Lipinski definition) is 6. The minimum Gasteiger partial charge on any atom is -0.409 e. The van der Waals surface area contributed by atoms with Crippen LogP contribution in [0.15, 0.2) is 182 Å². The first-order valence-electron chi connectivity index (χ1n) is 21.4. The second-order valence-electron chi connectivity index (χ2n) is 15.0. The monoisotopic (exact) mass is 1040 g/mol. The Kier molecular flexibility index (Phi) is 34.5. The average molecular weight is 1040 g/mol. The van der Waals surface area contributed by atoms with Crippen LogP contribution in [0.3, 0.4) is 0 Å². The standard InChI is InChI=1S/2C18H15O3P.2C7H15Si.2CO.2Fe/c2*1-4-10-16(11-5-1)19-22(20-17-12-6-2-7-13-17)21-18-14-8-3-9-15-18;2*1-8(2)7-5-3-4-6-7;2*1-2;;/h2*1-15H;2*7H,3-6H2,1-2H3;;;;. The van der Waals surface area contributed by atoms with Crippen molar-refractivity contribution < 1.29 is 70.6 Å². The third-order valence-electron chi connectivity index (χ3n) is 9.88. The summed E-state index contributed by atoms with van der Waals surface area (Å²) in [7, 11) is -3.00. The Morgan fingerprint density at radius 3 is 0.606 bits per heavy atom. The molecular weight excluding hydrogens is 982 g/mol. The molecule has 0 aromatic heterocycles. The van der Waals surface area contributed by atoms with E-state index in [1.165, 1.54) is 36.8 Å². The van der Waals surface area contributed by atoms with Gasteiger partial charge in [-0.2, -0.15) is 0 Å². The molecule has 14 heteroatoms. The van der Waals surface area contributed by atoms with Crippen molar-refractivity contribution in [2.75, 3.05) is 0 Å². The summed E-state index contributed by atoms with van der Waals surface area (Å²) in [5.74, 6) is 4.25. The van der Waals surface area contributed by atoms with Gasteiger partial charge in [0.2, 0.25) is 0 Å².